The minimum Gasteiger partial charge on any atom is -0.202 e. The van der Waals surface area contributed by atoms with Gasteiger partial charge in [0.25, 0.3) is 0 Å². The third-order valence-corrected chi connectivity index (χ3v) is 3.06. The number of benzene rings is 2. The van der Waals surface area contributed by atoms with Crippen LogP contribution >= 0.6 is 11.8 Å². The summed E-state index contributed by atoms with van der Waals surface area (Å²) in [5.41, 5.74) is 0.559. The molecular formula is C14H5F5S. The van der Waals surface area contributed by atoms with Gasteiger partial charge in [0, 0.05) is 5.56 Å². The normalized spacial score (nSPS) is 10.1. The van der Waals surface area contributed by atoms with Crippen LogP contribution < -0.4 is 0 Å². The van der Waals surface area contributed by atoms with Crippen molar-refractivity contribution in [3.63, 3.8) is 0 Å². The van der Waals surface area contributed by atoms with Crippen molar-refractivity contribution in [2.24, 2.45) is 0 Å². The van der Waals surface area contributed by atoms with E-state index in [0.29, 0.717) is 5.56 Å². The smallest absolute Gasteiger partial charge is 0.200 e. The number of halogens is 5. The van der Waals surface area contributed by atoms with Crippen LogP contribution in [-0.4, -0.2) is 0 Å². The molecule has 2 aromatic carbocycles. The molecular weight excluding hydrogens is 295 g/mol. The summed E-state index contributed by atoms with van der Waals surface area (Å²) in [6, 6.07) is 8.45. The van der Waals surface area contributed by atoms with E-state index in [0.717, 1.165) is 0 Å². The first-order chi connectivity index (χ1) is 9.52. The van der Waals surface area contributed by atoms with Gasteiger partial charge in [-0.2, -0.15) is 0 Å². The van der Waals surface area contributed by atoms with Crippen molar-refractivity contribution in [2.45, 2.75) is 4.90 Å². The Morgan fingerprint density at radius 2 is 1.20 bits per heavy atom. The van der Waals surface area contributed by atoms with Crippen molar-refractivity contribution in [2.75, 3.05) is 0 Å². The average molecular weight is 300 g/mol. The molecule has 0 bridgehead atoms. The van der Waals surface area contributed by atoms with E-state index in [-0.39, 0.29) is 11.8 Å². The van der Waals surface area contributed by atoms with Crippen LogP contribution in [0.5, 0.6) is 0 Å². The predicted octanol–water partition coefficient (Wildman–Crippen LogP) is 4.48. The molecule has 0 unspecified atom stereocenters. The fraction of sp³-hybridized carbons (Fsp3) is 0. The second-order valence-corrected chi connectivity index (χ2v) is 4.41. The first-order valence-corrected chi connectivity index (χ1v) is 6.08. The zero-order valence-electron chi connectivity index (χ0n) is 9.68. The molecule has 0 spiro atoms. The lowest BCUT2D eigenvalue weighted by Gasteiger charge is -2.04. The number of hydrogen-bond donors (Lipinski definition) is 0. The third-order valence-electron chi connectivity index (χ3n) is 2.29. The van der Waals surface area contributed by atoms with Crippen molar-refractivity contribution in [1.29, 1.82) is 0 Å². The molecule has 0 aliphatic carbocycles. The molecule has 0 heterocycles. The highest BCUT2D eigenvalue weighted by Gasteiger charge is 2.25. The topological polar surface area (TPSA) is 0 Å². The number of rotatable bonds is 1. The lowest BCUT2D eigenvalue weighted by molar-refractivity contribution is 0.361. The molecule has 0 saturated carbocycles. The van der Waals surface area contributed by atoms with Crippen LogP contribution in [-0.2, 0) is 0 Å². The molecule has 0 aromatic heterocycles. The standard InChI is InChI=1S/C14H5F5S/c15-9-10(16)12(18)14(13(19)11(9)17)20-7-6-8-4-2-1-3-5-8/h1-5H. The molecule has 0 aliphatic heterocycles. The van der Waals surface area contributed by atoms with Crippen LogP contribution in [0.4, 0.5) is 22.0 Å². The van der Waals surface area contributed by atoms with Gasteiger partial charge in [0.2, 0.25) is 5.82 Å². The monoisotopic (exact) mass is 300 g/mol. The lowest BCUT2D eigenvalue weighted by atomic mass is 10.2. The Bertz CT molecular complexity index is 672. The largest absolute Gasteiger partial charge is 0.202 e. The van der Waals surface area contributed by atoms with E-state index in [4.69, 9.17) is 0 Å². The van der Waals surface area contributed by atoms with Gasteiger partial charge in [0.15, 0.2) is 23.3 Å². The Morgan fingerprint density at radius 3 is 1.75 bits per heavy atom. The molecule has 0 atom stereocenters. The van der Waals surface area contributed by atoms with Gasteiger partial charge in [-0.15, -0.1) is 0 Å². The van der Waals surface area contributed by atoms with E-state index in [9.17, 15) is 22.0 Å². The molecule has 6 heteroatoms. The highest BCUT2D eigenvalue weighted by Crippen LogP contribution is 2.30. The number of hydrogen-bond acceptors (Lipinski definition) is 1. The summed E-state index contributed by atoms with van der Waals surface area (Å²) in [5, 5.41) is 2.30. The Labute approximate surface area is 115 Å². The van der Waals surface area contributed by atoms with Gasteiger partial charge in [-0.25, -0.2) is 22.0 Å². The summed E-state index contributed by atoms with van der Waals surface area (Å²) in [6.07, 6.45) is 0. The SMILES string of the molecule is Fc1c(F)c(F)c(SC#Cc2ccccc2)c(F)c1F. The lowest BCUT2D eigenvalue weighted by Crippen LogP contribution is -2.02. The molecule has 102 valence electrons. The van der Waals surface area contributed by atoms with Gasteiger partial charge in [-0.3, -0.25) is 0 Å². The third kappa shape index (κ3) is 2.78. The molecule has 0 N–H and O–H groups in total. The summed E-state index contributed by atoms with van der Waals surface area (Å²) in [6.45, 7) is 0. The van der Waals surface area contributed by atoms with Gasteiger partial charge in [0.1, 0.15) is 0 Å². The predicted molar refractivity (Wildman–Crippen MR) is 65.4 cm³/mol. The van der Waals surface area contributed by atoms with Crippen molar-refractivity contribution in [3.8, 4) is 11.2 Å². The quantitative estimate of drug-likeness (QED) is 0.246. The molecule has 0 fully saturated rings. The summed E-state index contributed by atoms with van der Waals surface area (Å²) >= 11 is 0.248. The van der Waals surface area contributed by atoms with Crippen molar-refractivity contribution in [3.05, 3.63) is 65.0 Å². The Balaban J connectivity index is 2.34. The van der Waals surface area contributed by atoms with E-state index in [1.165, 1.54) is 0 Å². The Morgan fingerprint density at radius 1 is 0.700 bits per heavy atom. The van der Waals surface area contributed by atoms with Crippen LogP contribution in [0.3, 0.4) is 0 Å². The van der Waals surface area contributed by atoms with Crippen LogP contribution in [0.15, 0.2) is 35.2 Å². The minimum absolute atomic E-state index is 0.248. The van der Waals surface area contributed by atoms with E-state index in [1.54, 1.807) is 30.3 Å². The van der Waals surface area contributed by atoms with Gasteiger partial charge in [0.05, 0.1) is 4.90 Å². The molecule has 2 aromatic rings. The van der Waals surface area contributed by atoms with E-state index < -0.39 is 34.0 Å². The summed E-state index contributed by atoms with van der Waals surface area (Å²) in [7, 11) is 0. The fourth-order valence-corrected chi connectivity index (χ4v) is 1.96. The van der Waals surface area contributed by atoms with Crippen LogP contribution in [0.25, 0.3) is 0 Å². The van der Waals surface area contributed by atoms with Crippen molar-refractivity contribution in [1.82, 2.24) is 0 Å². The second-order valence-electron chi connectivity index (χ2n) is 3.59. The molecule has 0 amide bonds. The fourth-order valence-electron chi connectivity index (χ4n) is 1.33. The number of thioether (sulfide) groups is 1. The first-order valence-electron chi connectivity index (χ1n) is 5.26. The van der Waals surface area contributed by atoms with Gasteiger partial charge in [-0.1, -0.05) is 24.1 Å². The average Bonchev–Trinajstić information content (AvgIpc) is 2.48. The summed E-state index contributed by atoms with van der Waals surface area (Å²) in [4.78, 5) is -1.01. The van der Waals surface area contributed by atoms with Crippen molar-refractivity contribution < 1.29 is 22.0 Å². The minimum atomic E-state index is -2.18. The summed E-state index contributed by atoms with van der Waals surface area (Å²) < 4.78 is 65.3. The zero-order valence-corrected chi connectivity index (χ0v) is 10.5. The zero-order chi connectivity index (χ0) is 14.7. The van der Waals surface area contributed by atoms with Crippen LogP contribution in [0, 0.1) is 40.3 Å². The van der Waals surface area contributed by atoms with Gasteiger partial charge in [-0.05, 0) is 29.1 Å². The van der Waals surface area contributed by atoms with E-state index in [1.807, 2.05) is 0 Å². The molecule has 0 saturated heterocycles. The summed E-state index contributed by atoms with van der Waals surface area (Å²) in [5.74, 6) is -7.36. The van der Waals surface area contributed by atoms with E-state index >= 15 is 0 Å². The molecule has 0 nitrogen and oxygen atoms in total. The maximum atomic E-state index is 13.3. The molecule has 0 aliphatic rings. The Kier molecular flexibility index (Phi) is 4.30. The second kappa shape index (κ2) is 5.97. The van der Waals surface area contributed by atoms with Crippen LogP contribution in [0.1, 0.15) is 5.56 Å². The van der Waals surface area contributed by atoms with Gasteiger partial charge >= 0.3 is 0 Å². The van der Waals surface area contributed by atoms with Crippen molar-refractivity contribution >= 4 is 11.8 Å². The highest BCUT2D eigenvalue weighted by molar-refractivity contribution is 8.04. The maximum absolute atomic E-state index is 13.3. The van der Waals surface area contributed by atoms with Crippen LogP contribution in [0.2, 0.25) is 0 Å². The maximum Gasteiger partial charge on any atom is 0.200 e. The molecule has 20 heavy (non-hydrogen) atoms. The van der Waals surface area contributed by atoms with Gasteiger partial charge < -0.3 is 0 Å². The first kappa shape index (κ1) is 14.4. The molecule has 2 rings (SSSR count). The Hall–Kier alpha value is -2.00. The molecule has 0 radical (unpaired) electrons. The van der Waals surface area contributed by atoms with E-state index in [2.05, 4.69) is 11.2 Å². The highest BCUT2D eigenvalue weighted by atomic mass is 32.2.